The molecule has 19 rings (SSSR count). The molecular weight excluding hydrogens is 1460 g/mol. The van der Waals surface area contributed by atoms with E-state index in [2.05, 4.69) is 163 Å². The topological polar surface area (TPSA) is 171 Å². The van der Waals surface area contributed by atoms with Gasteiger partial charge in [-0.1, -0.05) is 242 Å². The molecule has 0 aromatic heterocycles. The number of allylic oxidation sites excluding steroid dienone is 4. The van der Waals surface area contributed by atoms with E-state index >= 15 is 0 Å². The van der Waals surface area contributed by atoms with Crippen LogP contribution in [0.3, 0.4) is 0 Å². The zero-order valence-corrected chi connectivity index (χ0v) is 65.7. The molecule has 0 saturated heterocycles. The number of amidine groups is 1. The Labute approximate surface area is 690 Å². The summed E-state index contributed by atoms with van der Waals surface area (Å²) in [6, 6.07) is 91.5. The number of hydrogen-bond donors (Lipinski definition) is 2. The van der Waals surface area contributed by atoms with Crippen molar-refractivity contribution < 1.29 is 53.0 Å². The molecule has 7 aliphatic heterocycles. The molecule has 7 aliphatic rings. The molecule has 580 valence electrons. The Balaban J connectivity index is 0.700. The van der Waals surface area contributed by atoms with Crippen LogP contribution in [0, 0.1) is 47.4 Å². The van der Waals surface area contributed by atoms with Crippen LogP contribution in [0.25, 0.3) is 44.5 Å². The fraction of sp³-hybridized carbons (Fsp3) is 0.151. The van der Waals surface area contributed by atoms with Crippen LogP contribution in [0.5, 0.6) is 0 Å². The van der Waals surface area contributed by atoms with Gasteiger partial charge < -0.3 is 28.8 Å². The minimum Gasteiger partial charge on any atom is -0.545 e. The molecule has 2 N–H and O–H groups in total. The summed E-state index contributed by atoms with van der Waals surface area (Å²) in [4.78, 5) is 69.7. The summed E-state index contributed by atoms with van der Waals surface area (Å²) in [6.07, 6.45) is 13.5. The van der Waals surface area contributed by atoms with E-state index in [0.29, 0.717) is 129 Å². The van der Waals surface area contributed by atoms with Crippen molar-refractivity contribution in [2.75, 3.05) is 26.4 Å². The molecule has 12 heteroatoms. The van der Waals surface area contributed by atoms with Crippen LogP contribution in [0.4, 0.5) is 0 Å². The molecule has 2 atom stereocenters. The molecule has 12 aromatic rings. The highest BCUT2D eigenvalue weighted by molar-refractivity contribution is 6.07. The zero-order valence-electron chi connectivity index (χ0n) is 65.7. The number of rotatable bonds is 6. The van der Waals surface area contributed by atoms with Gasteiger partial charge in [0.2, 0.25) is 0 Å². The summed E-state index contributed by atoms with van der Waals surface area (Å²) in [6.45, 7) is 5.28. The normalized spacial score (nSPS) is 13.9. The quantitative estimate of drug-likeness (QED) is 0.0405. The van der Waals surface area contributed by atoms with Crippen molar-refractivity contribution >= 4 is 35.7 Å². The number of carbonyl (C=O) groups excluding carboxylic acids is 5. The number of ether oxygens (including phenoxy) is 4. The molecule has 20 bridgehead atoms. The van der Waals surface area contributed by atoms with Gasteiger partial charge in [0.05, 0.1) is 60.2 Å². The van der Waals surface area contributed by atoms with Crippen molar-refractivity contribution in [1.29, 1.82) is 0 Å². The van der Waals surface area contributed by atoms with Crippen molar-refractivity contribution in [2.24, 2.45) is 0 Å². The van der Waals surface area contributed by atoms with E-state index in [1.807, 2.05) is 152 Å². The van der Waals surface area contributed by atoms with Gasteiger partial charge in [-0.15, -0.1) is 0 Å². The van der Waals surface area contributed by atoms with Gasteiger partial charge in [-0.2, -0.15) is 0 Å². The molecule has 0 unspecified atom stereocenters. The number of carboxylic acid groups (broad SMARTS) is 1. The van der Waals surface area contributed by atoms with Crippen LogP contribution in [-0.4, -0.2) is 62.1 Å². The molecule has 0 fully saturated rings. The van der Waals surface area contributed by atoms with Crippen LogP contribution in [0.2, 0.25) is 0 Å². The molecule has 118 heavy (non-hydrogen) atoms. The van der Waals surface area contributed by atoms with Crippen LogP contribution < -0.4 is 15.4 Å². The number of aromatic carboxylic acids is 1. The van der Waals surface area contributed by atoms with E-state index in [4.69, 9.17) is 18.9 Å². The molecule has 0 spiro atoms. The Hall–Kier alpha value is -14.8. The van der Waals surface area contributed by atoms with E-state index in [1.54, 1.807) is 72.8 Å². The van der Waals surface area contributed by atoms with E-state index in [1.165, 1.54) is 0 Å². The van der Waals surface area contributed by atoms with Crippen molar-refractivity contribution in [2.45, 2.75) is 77.3 Å². The van der Waals surface area contributed by atoms with Crippen molar-refractivity contribution in [3.63, 3.8) is 0 Å². The first-order valence-corrected chi connectivity index (χ1v) is 39.7. The summed E-state index contributed by atoms with van der Waals surface area (Å²) in [7, 11) is 0. The van der Waals surface area contributed by atoms with Gasteiger partial charge in [0.15, 0.2) is 0 Å². The maximum Gasteiger partial charge on any atom is 0.338 e. The summed E-state index contributed by atoms with van der Waals surface area (Å²) in [5.41, 5.74) is 16.7. The van der Waals surface area contributed by atoms with Gasteiger partial charge in [-0.05, 0) is 242 Å². The number of carboxylic acids is 1. The summed E-state index contributed by atoms with van der Waals surface area (Å²) in [5, 5.41) is 16.8. The van der Waals surface area contributed by atoms with Crippen LogP contribution in [-0.2, 0) is 18.9 Å². The Bertz CT molecular complexity index is 5650. The van der Waals surface area contributed by atoms with Gasteiger partial charge in [0.1, 0.15) is 12.1 Å². The highest BCUT2D eigenvalue weighted by Gasteiger charge is 2.27. The fourth-order valence-corrected chi connectivity index (χ4v) is 13.5. The van der Waals surface area contributed by atoms with Gasteiger partial charge in [-0.25, -0.2) is 19.2 Å². The Morgan fingerprint density at radius 1 is 0.314 bits per heavy atom. The molecule has 0 saturated carbocycles. The lowest BCUT2D eigenvalue weighted by atomic mass is 9.89. The van der Waals surface area contributed by atoms with Gasteiger partial charge >= 0.3 is 23.9 Å². The lowest BCUT2D eigenvalue weighted by Crippen LogP contribution is -2.77. The third kappa shape index (κ3) is 22.8. The summed E-state index contributed by atoms with van der Waals surface area (Å²) >= 11 is 0. The van der Waals surface area contributed by atoms with Crippen LogP contribution in [0.1, 0.15) is 190 Å². The number of esters is 4. The monoisotopic (exact) mass is 1550 g/mol. The third-order valence-corrected chi connectivity index (χ3v) is 19.8. The van der Waals surface area contributed by atoms with E-state index < -0.39 is 29.8 Å². The summed E-state index contributed by atoms with van der Waals surface area (Å²) in [5.74, 6) is 23.6. The standard InChI is InChI=1S/C106H86N2O10/c1-75(85-31-13-11-14-32-85)107-101(108-76(2)86-33-15-12-16-34-86)99-95-39-25-40-96(99)88-61-53-78(54-62-88)44-48-82-28-22-36-92(72-82)104(112)116-68-18-8-4-6-10-20-70-118-106(114)94-38-24-30-84(74-94)50-46-80-57-65-90(66-58-80)98-42-26-41-97(100(98)102(109)110)89-63-55-79(56-64-89)45-49-83-29-23-37-93(73-83)105(113)117-69-19-9-5-3-7-17-67-115-103(111)91-35-21-27-81(71-91)47-43-77-51-59-87(95)60-52-77/h3-6,11-16,21-42,51-66,71-76H,7-10,17-20,67-70H2,1-2H3,(H,107,108)(H,109,110)/t75-,76-/m1/s1. The molecule has 0 radical (unpaired) electrons. The first kappa shape index (κ1) is 81.2. The highest BCUT2D eigenvalue weighted by Crippen LogP contribution is 2.36. The Kier molecular flexibility index (Phi) is 28.4. The predicted molar refractivity (Wildman–Crippen MR) is 463 cm³/mol. The van der Waals surface area contributed by atoms with E-state index in [9.17, 15) is 29.1 Å². The molecule has 0 aliphatic carbocycles. The second-order valence-electron chi connectivity index (χ2n) is 28.4. The van der Waals surface area contributed by atoms with Gasteiger partial charge in [-0.3, -0.25) is 10.3 Å². The van der Waals surface area contributed by atoms with Gasteiger partial charge in [0.25, 0.3) is 5.84 Å². The number of carbonyl (C=O) groups is 5. The second kappa shape index (κ2) is 41.3. The molecule has 0 amide bonds. The van der Waals surface area contributed by atoms with Crippen LogP contribution >= 0.6 is 0 Å². The minimum absolute atomic E-state index is 0.0426. The van der Waals surface area contributed by atoms with Crippen molar-refractivity contribution in [1.82, 2.24) is 5.32 Å². The summed E-state index contributed by atoms with van der Waals surface area (Å²) < 4.78 is 22.6. The Morgan fingerprint density at radius 3 is 0.881 bits per heavy atom. The zero-order chi connectivity index (χ0) is 81.6. The number of hydrogen-bond acceptors (Lipinski definition) is 10. The van der Waals surface area contributed by atoms with Gasteiger partial charge in [0, 0.05) is 50.1 Å². The predicted octanol–water partition coefficient (Wildman–Crippen LogP) is 18.8. The fourth-order valence-electron chi connectivity index (χ4n) is 13.5. The second-order valence-corrected chi connectivity index (χ2v) is 28.4. The average Bonchev–Trinajstić information content (AvgIpc) is 0.797. The SMILES string of the molecule is C[C@@H](NC(=[NH+][C@H](C)c1ccccc1)c1c2cccc1-c1ccc(cc1)C#Cc1cccc(c1)C(=O)OCCCC=CCCCOC(=O)c1cccc(c1)C#Cc1ccc(cc1)-c1cccc(c1C(=O)[O-])-c1ccc(cc1)C#Cc1cccc(c1)C(=O)OCCCC=CCCCOC(=O)c1cccc(c1)C#Cc1ccc-2cc1)c1ccccc1. The highest BCUT2D eigenvalue weighted by atomic mass is 16.5. The van der Waals surface area contributed by atoms with Crippen molar-refractivity contribution in [3.8, 4) is 91.9 Å². The van der Waals surface area contributed by atoms with E-state index in [-0.39, 0.29) is 44.1 Å². The lowest BCUT2D eigenvalue weighted by Gasteiger charge is -2.19. The average molecular weight is 1550 g/mol. The Morgan fingerprint density at radius 2 is 0.585 bits per heavy atom. The number of benzene rings is 12. The number of nitrogens with one attached hydrogen (secondary N) is 2. The lowest BCUT2D eigenvalue weighted by molar-refractivity contribution is -0.506. The maximum atomic E-state index is 13.3. The van der Waals surface area contributed by atoms with E-state index in [0.717, 1.165) is 55.9 Å². The van der Waals surface area contributed by atoms with Crippen LogP contribution in [0.15, 0.2) is 315 Å². The minimum atomic E-state index is -1.32. The first-order valence-electron chi connectivity index (χ1n) is 39.7. The van der Waals surface area contributed by atoms with Crippen molar-refractivity contribution in [3.05, 3.63) is 405 Å². The third-order valence-electron chi connectivity index (χ3n) is 19.8. The smallest absolute Gasteiger partial charge is 0.338 e. The largest absolute Gasteiger partial charge is 0.545 e. The molecule has 12 aromatic carbocycles. The maximum absolute atomic E-state index is 13.3. The molecule has 7 heterocycles. The molecular formula is C106H86N2O10. The first-order chi connectivity index (χ1) is 57.8. The molecule has 12 nitrogen and oxygen atoms in total.